The minimum absolute atomic E-state index is 0.179. The molecule has 3 nitrogen and oxygen atoms in total. The molecule has 1 aliphatic rings. The molecule has 0 spiro atoms. The topological polar surface area (TPSA) is 32.3 Å². The van der Waals surface area contributed by atoms with Gasteiger partial charge in [-0.05, 0) is 56.7 Å². The minimum Gasteiger partial charge on any atom is -0.356 e. The molecule has 22 heavy (non-hydrogen) atoms. The minimum atomic E-state index is 0.179. The van der Waals surface area contributed by atoms with Gasteiger partial charge in [-0.15, -0.1) is 0 Å². The molecule has 0 aromatic heterocycles. The van der Waals surface area contributed by atoms with Gasteiger partial charge in [0, 0.05) is 25.6 Å². The summed E-state index contributed by atoms with van der Waals surface area (Å²) >= 11 is 0. The summed E-state index contributed by atoms with van der Waals surface area (Å²) in [5, 5.41) is 3.14. The Kier molecular flexibility index (Phi) is 6.01. The lowest BCUT2D eigenvalue weighted by atomic mass is 9.93. The van der Waals surface area contributed by atoms with E-state index in [1.54, 1.807) is 0 Å². The van der Waals surface area contributed by atoms with Gasteiger partial charge in [0.25, 0.3) is 0 Å². The highest BCUT2D eigenvalue weighted by molar-refractivity contribution is 5.76. The lowest BCUT2D eigenvalue weighted by Crippen LogP contribution is -2.33. The molecule has 2 rings (SSSR count). The van der Waals surface area contributed by atoms with Crippen molar-refractivity contribution in [1.29, 1.82) is 0 Å². The molecule has 3 heteroatoms. The Morgan fingerprint density at radius 2 is 2.05 bits per heavy atom. The van der Waals surface area contributed by atoms with Gasteiger partial charge in [0.15, 0.2) is 0 Å². The second-order valence-electron chi connectivity index (χ2n) is 7.01. The van der Waals surface area contributed by atoms with Crippen LogP contribution in [0.3, 0.4) is 0 Å². The summed E-state index contributed by atoms with van der Waals surface area (Å²) in [6.45, 7) is 11.8. The van der Waals surface area contributed by atoms with Crippen molar-refractivity contribution >= 4 is 5.91 Å². The molecular weight excluding hydrogens is 272 g/mol. The Hall–Kier alpha value is -1.35. The molecule has 1 fully saturated rings. The zero-order chi connectivity index (χ0) is 16.1. The van der Waals surface area contributed by atoms with Crippen molar-refractivity contribution in [3.05, 3.63) is 35.4 Å². The van der Waals surface area contributed by atoms with E-state index in [1.165, 1.54) is 17.5 Å². The van der Waals surface area contributed by atoms with Gasteiger partial charge in [0.1, 0.15) is 0 Å². The molecule has 2 atom stereocenters. The Labute approximate surface area is 135 Å². The highest BCUT2D eigenvalue weighted by Crippen LogP contribution is 2.22. The highest BCUT2D eigenvalue weighted by Gasteiger charge is 2.24. The molecule has 122 valence electrons. The van der Waals surface area contributed by atoms with Crippen molar-refractivity contribution < 1.29 is 4.79 Å². The van der Waals surface area contributed by atoms with E-state index in [0.717, 1.165) is 19.6 Å². The molecule has 0 bridgehead atoms. The maximum absolute atomic E-state index is 12.2. The van der Waals surface area contributed by atoms with Gasteiger partial charge in [-0.1, -0.05) is 31.2 Å². The zero-order valence-corrected chi connectivity index (χ0v) is 14.4. The molecule has 0 radical (unpaired) electrons. The van der Waals surface area contributed by atoms with Crippen LogP contribution < -0.4 is 5.32 Å². The summed E-state index contributed by atoms with van der Waals surface area (Å²) in [5.74, 6) is 1.07. The average Bonchev–Trinajstić information content (AvgIpc) is 2.94. The summed E-state index contributed by atoms with van der Waals surface area (Å²) in [6.07, 6.45) is 1.78. The van der Waals surface area contributed by atoms with Crippen LogP contribution in [0.5, 0.6) is 0 Å². The van der Waals surface area contributed by atoms with Crippen LogP contribution in [0.15, 0.2) is 24.3 Å². The summed E-state index contributed by atoms with van der Waals surface area (Å²) in [7, 11) is 0. The number of carbonyl (C=O) groups excluding carboxylic acids is 1. The van der Waals surface area contributed by atoms with Crippen LogP contribution >= 0.6 is 0 Å². The first-order valence-corrected chi connectivity index (χ1v) is 8.53. The van der Waals surface area contributed by atoms with Crippen LogP contribution in [-0.2, 0) is 4.79 Å². The molecule has 1 saturated heterocycles. The smallest absolute Gasteiger partial charge is 0.220 e. The Morgan fingerprint density at radius 1 is 1.32 bits per heavy atom. The van der Waals surface area contributed by atoms with Gasteiger partial charge in [0.2, 0.25) is 5.91 Å². The van der Waals surface area contributed by atoms with Crippen LogP contribution in [-0.4, -0.2) is 36.5 Å². The Balaban J connectivity index is 1.76. The second kappa shape index (κ2) is 7.77. The Bertz CT molecular complexity index is 498. The highest BCUT2D eigenvalue weighted by atomic mass is 16.1. The molecule has 1 aromatic rings. The van der Waals surface area contributed by atoms with Gasteiger partial charge in [-0.25, -0.2) is 0 Å². The van der Waals surface area contributed by atoms with Crippen molar-refractivity contribution in [1.82, 2.24) is 10.2 Å². The van der Waals surface area contributed by atoms with E-state index in [1.807, 2.05) is 6.07 Å². The maximum Gasteiger partial charge on any atom is 0.220 e. The number of likely N-dealkylation sites (tertiary alicyclic amines) is 1. The molecule has 1 amide bonds. The summed E-state index contributed by atoms with van der Waals surface area (Å²) in [4.78, 5) is 14.7. The zero-order valence-electron chi connectivity index (χ0n) is 14.4. The van der Waals surface area contributed by atoms with Crippen molar-refractivity contribution in [2.45, 2.75) is 52.5 Å². The maximum atomic E-state index is 12.2. The molecule has 0 aliphatic carbocycles. The van der Waals surface area contributed by atoms with Crippen LogP contribution in [0.25, 0.3) is 0 Å². The summed E-state index contributed by atoms with van der Waals surface area (Å²) < 4.78 is 0. The van der Waals surface area contributed by atoms with Gasteiger partial charge in [-0.2, -0.15) is 0 Å². The van der Waals surface area contributed by atoms with E-state index < -0.39 is 0 Å². The number of hydrogen-bond acceptors (Lipinski definition) is 2. The van der Waals surface area contributed by atoms with Crippen LogP contribution in [0, 0.1) is 12.8 Å². The standard InChI is InChI=1S/C19H30N2O/c1-14(2)21-10-9-17(13-21)12-20-19(22)11-16(4)18-8-6-5-7-15(18)3/h5-8,14,16-17H,9-13H2,1-4H3,(H,20,22)/t16-,17+/m1/s1. The molecule has 1 N–H and O–H groups in total. The van der Waals surface area contributed by atoms with Crippen molar-refractivity contribution in [3.63, 3.8) is 0 Å². The molecular formula is C19H30N2O. The fourth-order valence-corrected chi connectivity index (χ4v) is 3.36. The molecule has 1 aromatic carbocycles. The van der Waals surface area contributed by atoms with Crippen LogP contribution in [0.4, 0.5) is 0 Å². The Morgan fingerprint density at radius 3 is 2.68 bits per heavy atom. The van der Waals surface area contributed by atoms with Gasteiger partial charge in [-0.3, -0.25) is 4.79 Å². The fourth-order valence-electron chi connectivity index (χ4n) is 3.36. The predicted octanol–water partition coefficient (Wildman–Crippen LogP) is 3.34. The van der Waals surface area contributed by atoms with Crippen LogP contribution in [0.1, 0.15) is 50.7 Å². The van der Waals surface area contributed by atoms with Gasteiger partial charge < -0.3 is 10.2 Å². The van der Waals surface area contributed by atoms with Crippen molar-refractivity contribution in [2.24, 2.45) is 5.92 Å². The third-order valence-electron chi connectivity index (χ3n) is 4.85. The third-order valence-corrected chi connectivity index (χ3v) is 4.85. The quantitative estimate of drug-likeness (QED) is 0.874. The number of nitrogens with one attached hydrogen (secondary N) is 1. The van der Waals surface area contributed by atoms with Gasteiger partial charge in [0.05, 0.1) is 0 Å². The number of benzene rings is 1. The first-order valence-electron chi connectivity index (χ1n) is 8.53. The second-order valence-corrected chi connectivity index (χ2v) is 7.01. The fraction of sp³-hybridized carbons (Fsp3) is 0.632. The van der Waals surface area contributed by atoms with E-state index >= 15 is 0 Å². The lowest BCUT2D eigenvalue weighted by Gasteiger charge is -2.20. The molecule has 0 unspecified atom stereocenters. The first-order chi connectivity index (χ1) is 10.5. The number of aryl methyl sites for hydroxylation is 1. The number of amides is 1. The molecule has 0 saturated carbocycles. The molecule has 1 heterocycles. The predicted molar refractivity (Wildman–Crippen MR) is 92.0 cm³/mol. The average molecular weight is 302 g/mol. The van der Waals surface area contributed by atoms with Crippen molar-refractivity contribution in [3.8, 4) is 0 Å². The SMILES string of the molecule is Cc1ccccc1[C@H](C)CC(=O)NC[C@@H]1CCN(C(C)C)C1. The lowest BCUT2D eigenvalue weighted by molar-refractivity contribution is -0.121. The monoisotopic (exact) mass is 302 g/mol. The van der Waals surface area contributed by atoms with E-state index in [-0.39, 0.29) is 11.8 Å². The summed E-state index contributed by atoms with van der Waals surface area (Å²) in [6, 6.07) is 8.96. The normalized spacial score (nSPS) is 20.3. The van der Waals surface area contributed by atoms with Crippen molar-refractivity contribution in [2.75, 3.05) is 19.6 Å². The largest absolute Gasteiger partial charge is 0.356 e. The first kappa shape index (κ1) is 17.0. The number of hydrogen-bond donors (Lipinski definition) is 1. The van der Waals surface area contributed by atoms with E-state index in [0.29, 0.717) is 18.4 Å². The van der Waals surface area contributed by atoms with E-state index in [4.69, 9.17) is 0 Å². The van der Waals surface area contributed by atoms with E-state index in [2.05, 4.69) is 56.1 Å². The number of rotatable bonds is 6. The third kappa shape index (κ3) is 4.57. The van der Waals surface area contributed by atoms with Crippen LogP contribution in [0.2, 0.25) is 0 Å². The number of nitrogens with zero attached hydrogens (tertiary/aromatic N) is 1. The number of carbonyl (C=O) groups is 1. The van der Waals surface area contributed by atoms with Gasteiger partial charge >= 0.3 is 0 Å². The molecule has 1 aliphatic heterocycles. The summed E-state index contributed by atoms with van der Waals surface area (Å²) in [5.41, 5.74) is 2.55. The van der Waals surface area contributed by atoms with E-state index in [9.17, 15) is 4.79 Å².